The summed E-state index contributed by atoms with van der Waals surface area (Å²) in [7, 11) is 0. The number of nitrogens with zero attached hydrogens (tertiary/aromatic N) is 3. The summed E-state index contributed by atoms with van der Waals surface area (Å²) in [6.07, 6.45) is 1.73. The number of aryl methyl sites for hydroxylation is 1. The molecular weight excluding hydrogens is 426 g/mol. The number of amides is 1. The van der Waals surface area contributed by atoms with Gasteiger partial charge in [-0.05, 0) is 53.6 Å². The first-order chi connectivity index (χ1) is 15.1. The Morgan fingerprint density at radius 2 is 1.81 bits per heavy atom. The third-order valence-electron chi connectivity index (χ3n) is 5.28. The minimum absolute atomic E-state index is 0.106. The molecule has 2 heterocycles. The second-order valence-corrected chi connectivity index (χ2v) is 8.67. The van der Waals surface area contributed by atoms with Gasteiger partial charge >= 0.3 is 0 Å². The maximum absolute atomic E-state index is 13.8. The molecule has 0 radical (unpaired) electrons. The van der Waals surface area contributed by atoms with Crippen molar-refractivity contribution < 1.29 is 4.79 Å². The van der Waals surface area contributed by atoms with Crippen molar-refractivity contribution in [2.75, 3.05) is 4.90 Å². The lowest BCUT2D eigenvalue weighted by atomic mass is 10.0. The van der Waals surface area contributed by atoms with Crippen LogP contribution in [0.25, 0.3) is 21.0 Å². The summed E-state index contributed by atoms with van der Waals surface area (Å²) in [5, 5.41) is 3.24. The van der Waals surface area contributed by atoms with E-state index in [4.69, 9.17) is 16.6 Å². The Hall–Kier alpha value is -3.28. The van der Waals surface area contributed by atoms with E-state index in [1.165, 1.54) is 11.3 Å². The van der Waals surface area contributed by atoms with Gasteiger partial charge in [0.25, 0.3) is 5.91 Å². The molecule has 5 aromatic rings. The Labute approximate surface area is 188 Å². The number of pyridine rings is 1. The highest BCUT2D eigenvalue weighted by Crippen LogP contribution is 2.35. The van der Waals surface area contributed by atoms with E-state index >= 15 is 0 Å². The Kier molecular flexibility index (Phi) is 5.14. The number of benzene rings is 3. The van der Waals surface area contributed by atoms with Crippen LogP contribution in [-0.2, 0) is 6.54 Å². The van der Waals surface area contributed by atoms with E-state index in [9.17, 15) is 4.79 Å². The van der Waals surface area contributed by atoms with Gasteiger partial charge in [0.1, 0.15) is 0 Å². The fraction of sp³-hybridized carbons (Fsp3) is 0.0800. The van der Waals surface area contributed by atoms with Crippen molar-refractivity contribution >= 4 is 55.0 Å². The molecule has 4 nitrogen and oxygen atoms in total. The van der Waals surface area contributed by atoms with Crippen molar-refractivity contribution in [3.8, 4) is 0 Å². The van der Waals surface area contributed by atoms with Gasteiger partial charge in [-0.15, -0.1) is 0 Å². The standard InChI is InChI=1S/C25H18ClN3OS/c1-16-21(26)12-13-22-23(16)28-25(31-22)29(15-18-9-4-5-14-27-18)24(30)20-11-6-8-17-7-2-3-10-19(17)20/h2-14H,15H2,1H3. The van der Waals surface area contributed by atoms with Crippen LogP contribution in [0.5, 0.6) is 0 Å². The predicted octanol–water partition coefficient (Wildman–Crippen LogP) is 6.65. The van der Waals surface area contributed by atoms with E-state index in [-0.39, 0.29) is 5.91 Å². The first-order valence-corrected chi connectivity index (χ1v) is 11.1. The fourth-order valence-corrected chi connectivity index (χ4v) is 4.82. The van der Waals surface area contributed by atoms with Crippen LogP contribution in [0.2, 0.25) is 5.02 Å². The Bertz CT molecular complexity index is 1410. The quantitative estimate of drug-likeness (QED) is 0.312. The Morgan fingerprint density at radius 3 is 2.65 bits per heavy atom. The van der Waals surface area contributed by atoms with Crippen LogP contribution in [0.1, 0.15) is 21.6 Å². The van der Waals surface area contributed by atoms with E-state index in [1.807, 2.05) is 79.7 Å². The number of anilines is 1. The van der Waals surface area contributed by atoms with E-state index < -0.39 is 0 Å². The van der Waals surface area contributed by atoms with E-state index in [0.717, 1.165) is 32.2 Å². The molecule has 0 saturated carbocycles. The lowest BCUT2D eigenvalue weighted by Gasteiger charge is -2.20. The Balaban J connectivity index is 1.65. The molecule has 0 fully saturated rings. The zero-order valence-electron chi connectivity index (χ0n) is 16.7. The first-order valence-electron chi connectivity index (χ1n) is 9.87. The molecule has 0 spiro atoms. The molecule has 6 heteroatoms. The normalized spacial score (nSPS) is 11.2. The average Bonchev–Trinajstić information content (AvgIpc) is 3.24. The van der Waals surface area contributed by atoms with E-state index in [0.29, 0.717) is 22.3 Å². The smallest absolute Gasteiger partial charge is 0.261 e. The highest BCUT2D eigenvalue weighted by molar-refractivity contribution is 7.22. The summed E-state index contributed by atoms with van der Waals surface area (Å²) >= 11 is 7.79. The number of fused-ring (bicyclic) bond motifs is 2. The van der Waals surface area contributed by atoms with Crippen LogP contribution >= 0.6 is 22.9 Å². The molecule has 0 N–H and O–H groups in total. The first kappa shape index (κ1) is 19.7. The molecule has 3 aromatic carbocycles. The van der Waals surface area contributed by atoms with E-state index in [2.05, 4.69) is 4.98 Å². The van der Waals surface area contributed by atoms with Gasteiger partial charge in [-0.3, -0.25) is 14.7 Å². The number of carbonyl (C=O) groups excluding carboxylic acids is 1. The van der Waals surface area contributed by atoms with Crippen LogP contribution in [0.4, 0.5) is 5.13 Å². The molecule has 0 saturated heterocycles. The second-order valence-electron chi connectivity index (χ2n) is 7.25. The summed E-state index contributed by atoms with van der Waals surface area (Å²) in [6, 6.07) is 23.2. The zero-order chi connectivity index (χ0) is 21.4. The maximum Gasteiger partial charge on any atom is 0.261 e. The number of carbonyl (C=O) groups is 1. The van der Waals surface area contributed by atoms with Crippen molar-refractivity contribution in [1.82, 2.24) is 9.97 Å². The molecular formula is C25H18ClN3OS. The zero-order valence-corrected chi connectivity index (χ0v) is 18.3. The van der Waals surface area contributed by atoms with Gasteiger partial charge in [-0.2, -0.15) is 0 Å². The number of rotatable bonds is 4. The molecule has 5 rings (SSSR count). The molecule has 0 aliphatic carbocycles. The summed E-state index contributed by atoms with van der Waals surface area (Å²) in [6.45, 7) is 2.28. The molecule has 0 bridgehead atoms. The third kappa shape index (κ3) is 3.67. The average molecular weight is 444 g/mol. The third-order valence-corrected chi connectivity index (χ3v) is 6.73. The molecule has 0 atom stereocenters. The van der Waals surface area contributed by atoms with Crippen LogP contribution in [0.3, 0.4) is 0 Å². The van der Waals surface area contributed by atoms with Crippen molar-refractivity contribution in [3.05, 3.63) is 101 Å². The van der Waals surface area contributed by atoms with Gasteiger partial charge in [-0.1, -0.05) is 65.4 Å². The van der Waals surface area contributed by atoms with Crippen LogP contribution in [-0.4, -0.2) is 15.9 Å². The maximum atomic E-state index is 13.8. The summed E-state index contributed by atoms with van der Waals surface area (Å²) in [5.74, 6) is -0.106. The van der Waals surface area contributed by atoms with Crippen molar-refractivity contribution in [1.29, 1.82) is 0 Å². The minimum atomic E-state index is -0.106. The monoisotopic (exact) mass is 443 g/mol. The van der Waals surface area contributed by atoms with Crippen molar-refractivity contribution in [2.45, 2.75) is 13.5 Å². The molecule has 1 amide bonds. The highest BCUT2D eigenvalue weighted by atomic mass is 35.5. The van der Waals surface area contributed by atoms with Gasteiger partial charge in [0, 0.05) is 16.8 Å². The van der Waals surface area contributed by atoms with Gasteiger partial charge in [0.15, 0.2) is 5.13 Å². The SMILES string of the molecule is Cc1c(Cl)ccc2sc(N(Cc3ccccn3)C(=O)c3cccc4ccccc34)nc12. The molecule has 31 heavy (non-hydrogen) atoms. The predicted molar refractivity (Wildman–Crippen MR) is 128 cm³/mol. The lowest BCUT2D eigenvalue weighted by Crippen LogP contribution is -2.30. The number of hydrogen-bond acceptors (Lipinski definition) is 4. The van der Waals surface area contributed by atoms with Crippen LogP contribution < -0.4 is 4.90 Å². The van der Waals surface area contributed by atoms with Crippen LogP contribution in [0.15, 0.2) is 79.0 Å². The molecule has 0 unspecified atom stereocenters. The minimum Gasteiger partial charge on any atom is -0.278 e. The van der Waals surface area contributed by atoms with Gasteiger partial charge in [0.05, 0.1) is 22.5 Å². The fourth-order valence-electron chi connectivity index (χ4n) is 3.64. The molecule has 0 aliphatic rings. The molecule has 2 aromatic heterocycles. The largest absolute Gasteiger partial charge is 0.278 e. The topological polar surface area (TPSA) is 46.1 Å². The van der Waals surface area contributed by atoms with E-state index in [1.54, 1.807) is 11.1 Å². The van der Waals surface area contributed by atoms with Gasteiger partial charge in [0.2, 0.25) is 0 Å². The molecule has 0 aliphatic heterocycles. The van der Waals surface area contributed by atoms with Crippen molar-refractivity contribution in [2.24, 2.45) is 0 Å². The number of hydrogen-bond donors (Lipinski definition) is 0. The number of aromatic nitrogens is 2. The molecule has 152 valence electrons. The number of halogens is 1. The summed E-state index contributed by atoms with van der Waals surface area (Å²) < 4.78 is 0.994. The highest BCUT2D eigenvalue weighted by Gasteiger charge is 2.24. The second kappa shape index (κ2) is 8.10. The summed E-state index contributed by atoms with van der Waals surface area (Å²) in [4.78, 5) is 24.8. The van der Waals surface area contributed by atoms with Gasteiger partial charge < -0.3 is 0 Å². The lowest BCUT2D eigenvalue weighted by molar-refractivity contribution is 0.0986. The van der Waals surface area contributed by atoms with Gasteiger partial charge in [-0.25, -0.2) is 4.98 Å². The summed E-state index contributed by atoms with van der Waals surface area (Å²) in [5.41, 5.74) is 3.18. The Morgan fingerprint density at radius 1 is 1.00 bits per heavy atom. The number of thiazole rings is 1. The van der Waals surface area contributed by atoms with Crippen LogP contribution in [0, 0.1) is 6.92 Å². The van der Waals surface area contributed by atoms with Crippen molar-refractivity contribution in [3.63, 3.8) is 0 Å².